The van der Waals surface area contributed by atoms with Crippen molar-refractivity contribution in [2.75, 3.05) is 4.90 Å². The largest absolute Gasteiger partial charge is 0.455 e. The summed E-state index contributed by atoms with van der Waals surface area (Å²) in [6.45, 7) is 0. The average molecular weight is 684 g/mol. The Bertz CT molecular complexity index is 3090. The third-order valence-corrected chi connectivity index (χ3v) is 11.5. The molecular weight excluding hydrogens is 655 g/mol. The van der Waals surface area contributed by atoms with Gasteiger partial charge in [-0.1, -0.05) is 121 Å². The third-order valence-electron chi connectivity index (χ3n) is 10.3. The second kappa shape index (κ2) is 11.5. The van der Waals surface area contributed by atoms with E-state index in [0.717, 1.165) is 77.6 Å². The summed E-state index contributed by atoms with van der Waals surface area (Å²) in [6, 6.07) is 62.3. The summed E-state index contributed by atoms with van der Waals surface area (Å²) in [5.74, 6) is 0. The molecule has 0 aliphatic heterocycles. The molecule has 0 unspecified atom stereocenters. The van der Waals surface area contributed by atoms with Gasteiger partial charge in [0.1, 0.15) is 22.3 Å². The van der Waals surface area contributed by atoms with Crippen LogP contribution in [-0.4, -0.2) is 0 Å². The minimum atomic E-state index is 0.873. The SMILES string of the molecule is c1ccc(N(c2ccccc2)c2ccc3c(c2)sc2c(-c4cccc5c4oc4ccc(-c6cccc7c6oc6ccccc67)cc45)cccc23)cc1. The van der Waals surface area contributed by atoms with Gasteiger partial charge in [0.25, 0.3) is 0 Å². The van der Waals surface area contributed by atoms with Crippen molar-refractivity contribution in [2.24, 2.45) is 0 Å². The Hall–Kier alpha value is -6.62. The summed E-state index contributed by atoms with van der Waals surface area (Å²) in [6.07, 6.45) is 0. The fourth-order valence-corrected chi connectivity index (χ4v) is 9.16. The first-order valence-corrected chi connectivity index (χ1v) is 18.3. The Morgan fingerprint density at radius 1 is 0.365 bits per heavy atom. The smallest absolute Gasteiger partial charge is 0.143 e. The van der Waals surface area contributed by atoms with Gasteiger partial charge >= 0.3 is 0 Å². The second-order valence-electron chi connectivity index (χ2n) is 13.2. The molecule has 0 amide bonds. The van der Waals surface area contributed by atoms with Crippen LogP contribution in [-0.2, 0) is 0 Å². The van der Waals surface area contributed by atoms with E-state index in [1.165, 1.54) is 25.7 Å². The Balaban J connectivity index is 1.05. The van der Waals surface area contributed by atoms with Gasteiger partial charge in [-0.25, -0.2) is 0 Å². The van der Waals surface area contributed by atoms with Gasteiger partial charge in [0.05, 0.1) is 0 Å². The summed E-state index contributed by atoms with van der Waals surface area (Å²) in [5, 5.41) is 6.97. The van der Waals surface area contributed by atoms with Crippen LogP contribution in [0.5, 0.6) is 0 Å². The summed E-state index contributed by atoms with van der Waals surface area (Å²) in [7, 11) is 0. The fourth-order valence-electron chi connectivity index (χ4n) is 7.89. The van der Waals surface area contributed by atoms with Crippen molar-refractivity contribution in [1.29, 1.82) is 0 Å². The highest BCUT2D eigenvalue weighted by Gasteiger charge is 2.19. The molecule has 0 aliphatic rings. The molecule has 0 saturated carbocycles. The number of hydrogen-bond donors (Lipinski definition) is 0. The molecule has 0 fully saturated rings. The molecule has 244 valence electrons. The van der Waals surface area contributed by atoms with Crippen LogP contribution in [0.1, 0.15) is 0 Å². The van der Waals surface area contributed by atoms with Crippen LogP contribution in [0.3, 0.4) is 0 Å². The number of fused-ring (bicyclic) bond motifs is 9. The zero-order valence-corrected chi connectivity index (χ0v) is 28.7. The molecule has 3 nitrogen and oxygen atoms in total. The zero-order chi connectivity index (χ0) is 34.2. The maximum atomic E-state index is 6.71. The Morgan fingerprint density at radius 2 is 0.962 bits per heavy atom. The monoisotopic (exact) mass is 683 g/mol. The first-order chi connectivity index (χ1) is 25.8. The molecule has 0 bridgehead atoms. The lowest BCUT2D eigenvalue weighted by Crippen LogP contribution is -2.09. The number of hydrogen-bond acceptors (Lipinski definition) is 4. The number of anilines is 3. The van der Waals surface area contributed by atoms with Gasteiger partial charge in [0, 0.05) is 75.5 Å². The van der Waals surface area contributed by atoms with E-state index in [2.05, 4.69) is 169 Å². The van der Waals surface area contributed by atoms with Gasteiger partial charge in [-0.2, -0.15) is 0 Å². The lowest BCUT2D eigenvalue weighted by molar-refractivity contribution is 0.669. The first kappa shape index (κ1) is 29.1. The normalized spacial score (nSPS) is 11.8. The van der Waals surface area contributed by atoms with Crippen molar-refractivity contribution in [1.82, 2.24) is 0 Å². The first-order valence-electron chi connectivity index (χ1n) is 17.5. The molecule has 0 N–H and O–H groups in total. The number of thiophene rings is 1. The predicted molar refractivity (Wildman–Crippen MR) is 219 cm³/mol. The lowest BCUT2D eigenvalue weighted by Gasteiger charge is -2.25. The molecule has 3 aromatic heterocycles. The summed E-state index contributed by atoms with van der Waals surface area (Å²) >= 11 is 1.84. The van der Waals surface area contributed by atoms with Crippen LogP contribution in [0.2, 0.25) is 0 Å². The van der Waals surface area contributed by atoms with Crippen molar-refractivity contribution in [3.05, 3.63) is 176 Å². The minimum Gasteiger partial charge on any atom is -0.455 e. The molecule has 0 aliphatic carbocycles. The number of para-hydroxylation sites is 5. The molecule has 0 atom stereocenters. The number of benzene rings is 8. The van der Waals surface area contributed by atoms with Crippen molar-refractivity contribution in [3.8, 4) is 22.3 Å². The van der Waals surface area contributed by atoms with Crippen molar-refractivity contribution < 1.29 is 8.83 Å². The van der Waals surface area contributed by atoms with E-state index < -0.39 is 0 Å². The molecular formula is C48H29NO2S. The van der Waals surface area contributed by atoms with Gasteiger partial charge in [0.15, 0.2) is 0 Å². The molecule has 0 radical (unpaired) electrons. The van der Waals surface area contributed by atoms with E-state index >= 15 is 0 Å². The Labute approximate surface area is 303 Å². The van der Waals surface area contributed by atoms with Crippen LogP contribution in [0.15, 0.2) is 185 Å². The van der Waals surface area contributed by atoms with Gasteiger partial charge in [-0.15, -0.1) is 11.3 Å². The highest BCUT2D eigenvalue weighted by Crippen LogP contribution is 2.46. The summed E-state index contributed by atoms with van der Waals surface area (Å²) in [4.78, 5) is 2.32. The molecule has 3 heterocycles. The standard InChI is InChI=1S/C48H29NO2S/c1-3-12-31(13-4-1)49(32-14-5-2-6-15-32)33-25-26-36-40-21-11-22-41(48(40)52-45(36)29-33)38-19-10-20-39-42-28-30(24-27-44(42)51-47(38)39)34-17-9-18-37-35-16-7-8-23-43(35)50-46(34)37/h1-29H. The van der Waals surface area contributed by atoms with Crippen LogP contribution in [0.4, 0.5) is 17.1 Å². The van der Waals surface area contributed by atoms with Gasteiger partial charge < -0.3 is 13.7 Å². The zero-order valence-electron chi connectivity index (χ0n) is 27.9. The van der Waals surface area contributed by atoms with Gasteiger partial charge in [-0.05, 0) is 60.2 Å². The Morgan fingerprint density at radius 3 is 1.73 bits per heavy atom. The molecule has 0 saturated heterocycles. The number of rotatable bonds is 5. The predicted octanol–water partition coefficient (Wildman–Crippen LogP) is 14.7. The van der Waals surface area contributed by atoms with Crippen molar-refractivity contribution in [3.63, 3.8) is 0 Å². The fraction of sp³-hybridized carbons (Fsp3) is 0. The minimum absolute atomic E-state index is 0.873. The molecule has 11 rings (SSSR count). The quantitative estimate of drug-likeness (QED) is 0.181. The van der Waals surface area contributed by atoms with E-state index in [-0.39, 0.29) is 0 Å². The maximum absolute atomic E-state index is 6.71. The van der Waals surface area contributed by atoms with E-state index in [4.69, 9.17) is 8.83 Å². The molecule has 0 spiro atoms. The van der Waals surface area contributed by atoms with Crippen LogP contribution in [0.25, 0.3) is 86.3 Å². The van der Waals surface area contributed by atoms with E-state index in [1.54, 1.807) is 0 Å². The molecule has 11 aromatic rings. The van der Waals surface area contributed by atoms with Gasteiger partial charge in [0.2, 0.25) is 0 Å². The Kier molecular flexibility index (Phi) is 6.42. The maximum Gasteiger partial charge on any atom is 0.143 e. The average Bonchev–Trinajstić information content (AvgIpc) is 3.90. The van der Waals surface area contributed by atoms with Crippen molar-refractivity contribution in [2.45, 2.75) is 0 Å². The van der Waals surface area contributed by atoms with E-state index in [1.807, 2.05) is 23.5 Å². The van der Waals surface area contributed by atoms with E-state index in [0.29, 0.717) is 0 Å². The topological polar surface area (TPSA) is 29.5 Å². The van der Waals surface area contributed by atoms with Crippen LogP contribution >= 0.6 is 11.3 Å². The highest BCUT2D eigenvalue weighted by molar-refractivity contribution is 7.26. The second-order valence-corrected chi connectivity index (χ2v) is 14.3. The van der Waals surface area contributed by atoms with Crippen molar-refractivity contribution >= 4 is 92.4 Å². The van der Waals surface area contributed by atoms with E-state index in [9.17, 15) is 0 Å². The molecule has 8 aromatic carbocycles. The van der Waals surface area contributed by atoms with Crippen LogP contribution in [0, 0.1) is 0 Å². The van der Waals surface area contributed by atoms with Crippen LogP contribution < -0.4 is 4.90 Å². The number of nitrogens with zero attached hydrogens (tertiary/aromatic N) is 1. The summed E-state index contributed by atoms with van der Waals surface area (Å²) < 4.78 is 15.6. The third kappa shape index (κ3) is 4.45. The van der Waals surface area contributed by atoms with Gasteiger partial charge in [-0.3, -0.25) is 0 Å². The molecule has 4 heteroatoms. The molecule has 52 heavy (non-hydrogen) atoms. The number of furan rings is 2. The lowest BCUT2D eigenvalue weighted by atomic mass is 9.98. The summed E-state index contributed by atoms with van der Waals surface area (Å²) in [5.41, 5.74) is 11.4. The highest BCUT2D eigenvalue weighted by atomic mass is 32.1.